The summed E-state index contributed by atoms with van der Waals surface area (Å²) in [5, 5.41) is 2.44. The number of ether oxygens (including phenoxy) is 1. The lowest BCUT2D eigenvalue weighted by Crippen LogP contribution is -2.24. The highest BCUT2D eigenvalue weighted by Gasteiger charge is 2.27. The number of hydrogen-bond donors (Lipinski definition) is 2. The zero-order chi connectivity index (χ0) is 13.8. The van der Waals surface area contributed by atoms with Crippen molar-refractivity contribution in [1.29, 1.82) is 0 Å². The minimum absolute atomic E-state index is 0.491. The first-order valence-electron chi connectivity index (χ1n) is 5.08. The van der Waals surface area contributed by atoms with Gasteiger partial charge in [0.1, 0.15) is 13.2 Å². The zero-order valence-electron chi connectivity index (χ0n) is 9.67. The molecule has 100 valence electrons. The Labute approximate surface area is 102 Å². The van der Waals surface area contributed by atoms with Crippen LogP contribution in [0.1, 0.15) is 5.56 Å². The van der Waals surface area contributed by atoms with E-state index in [2.05, 4.69) is 10.1 Å². The molecule has 0 heterocycles. The van der Waals surface area contributed by atoms with E-state index in [-0.39, 0.29) is 0 Å². The van der Waals surface area contributed by atoms with E-state index in [0.29, 0.717) is 11.4 Å². The van der Waals surface area contributed by atoms with E-state index in [1.165, 1.54) is 0 Å². The third-order valence-electron chi connectivity index (χ3n) is 2.02. The van der Waals surface area contributed by atoms with Gasteiger partial charge in [-0.3, -0.25) is 4.79 Å². The van der Waals surface area contributed by atoms with Gasteiger partial charge in [-0.05, 0) is 30.7 Å². The summed E-state index contributed by atoms with van der Waals surface area (Å²) in [4.78, 5) is 11.3. The van der Waals surface area contributed by atoms with Crippen LogP contribution in [0, 0.1) is 6.92 Å². The van der Waals surface area contributed by atoms with Crippen LogP contribution in [-0.2, 0) is 9.53 Å². The highest BCUT2D eigenvalue weighted by atomic mass is 19.4. The van der Waals surface area contributed by atoms with Crippen LogP contribution in [0.15, 0.2) is 18.2 Å². The van der Waals surface area contributed by atoms with Crippen LogP contribution in [0.3, 0.4) is 0 Å². The molecule has 0 aromatic heterocycles. The number of alkyl halides is 3. The number of carbonyl (C=O) groups is 1. The van der Waals surface area contributed by atoms with E-state index in [9.17, 15) is 18.0 Å². The van der Waals surface area contributed by atoms with Gasteiger partial charge in [0.25, 0.3) is 0 Å². The van der Waals surface area contributed by atoms with Crippen molar-refractivity contribution in [2.75, 3.05) is 24.3 Å². The van der Waals surface area contributed by atoms with Crippen molar-refractivity contribution in [3.05, 3.63) is 23.8 Å². The molecule has 7 heteroatoms. The lowest BCUT2D eigenvalue weighted by atomic mass is 10.2. The summed E-state index contributed by atoms with van der Waals surface area (Å²) in [5.41, 5.74) is 7.28. The fourth-order valence-electron chi connectivity index (χ4n) is 1.27. The average molecular weight is 262 g/mol. The summed E-state index contributed by atoms with van der Waals surface area (Å²) in [6.45, 7) is -0.368. The Morgan fingerprint density at radius 3 is 2.67 bits per heavy atom. The SMILES string of the molecule is Cc1cc(N)ccc1NC(=O)COCC(F)(F)F. The largest absolute Gasteiger partial charge is 0.411 e. The van der Waals surface area contributed by atoms with Crippen LogP contribution in [-0.4, -0.2) is 25.3 Å². The second-order valence-electron chi connectivity index (χ2n) is 3.73. The number of amides is 1. The molecule has 3 N–H and O–H groups in total. The minimum Gasteiger partial charge on any atom is -0.399 e. The van der Waals surface area contributed by atoms with Gasteiger partial charge in [0.05, 0.1) is 0 Å². The molecule has 0 aliphatic carbocycles. The van der Waals surface area contributed by atoms with E-state index in [1.807, 2.05) is 0 Å². The van der Waals surface area contributed by atoms with Crippen molar-refractivity contribution in [3.8, 4) is 0 Å². The van der Waals surface area contributed by atoms with Crippen LogP contribution in [0.4, 0.5) is 24.5 Å². The Balaban J connectivity index is 2.45. The molecule has 1 aromatic rings. The molecule has 18 heavy (non-hydrogen) atoms. The third-order valence-corrected chi connectivity index (χ3v) is 2.02. The predicted molar refractivity (Wildman–Crippen MR) is 61.1 cm³/mol. The number of rotatable bonds is 4. The molecule has 0 aliphatic rings. The van der Waals surface area contributed by atoms with Crippen LogP contribution in [0.2, 0.25) is 0 Å². The lowest BCUT2D eigenvalue weighted by Gasteiger charge is -2.10. The fraction of sp³-hybridized carbons (Fsp3) is 0.364. The molecule has 1 aromatic carbocycles. The molecule has 1 rings (SSSR count). The minimum atomic E-state index is -4.43. The van der Waals surface area contributed by atoms with Gasteiger partial charge in [-0.2, -0.15) is 13.2 Å². The monoisotopic (exact) mass is 262 g/mol. The summed E-state index contributed by atoms with van der Waals surface area (Å²) in [7, 11) is 0. The number of halogens is 3. The molecular formula is C11H13F3N2O2. The van der Waals surface area contributed by atoms with Gasteiger partial charge in [0, 0.05) is 11.4 Å². The number of anilines is 2. The summed E-state index contributed by atoms with van der Waals surface area (Å²) >= 11 is 0. The molecule has 4 nitrogen and oxygen atoms in total. The molecule has 0 unspecified atom stereocenters. The summed E-state index contributed by atoms with van der Waals surface area (Å²) in [6, 6.07) is 4.80. The number of nitrogens with two attached hydrogens (primary N) is 1. The van der Waals surface area contributed by atoms with E-state index in [4.69, 9.17) is 5.73 Å². The maximum Gasteiger partial charge on any atom is 0.411 e. The van der Waals surface area contributed by atoms with Gasteiger partial charge in [0.15, 0.2) is 0 Å². The quantitative estimate of drug-likeness (QED) is 0.817. The Morgan fingerprint density at radius 1 is 1.44 bits per heavy atom. The number of aryl methyl sites for hydroxylation is 1. The maximum absolute atomic E-state index is 11.8. The van der Waals surface area contributed by atoms with Gasteiger partial charge in [-0.25, -0.2) is 0 Å². The van der Waals surface area contributed by atoms with Crippen molar-refractivity contribution < 1.29 is 22.7 Å². The summed E-state index contributed by atoms with van der Waals surface area (Å²) in [5.74, 6) is -0.646. The lowest BCUT2D eigenvalue weighted by molar-refractivity contribution is -0.174. The predicted octanol–water partition coefficient (Wildman–Crippen LogP) is 2.09. The molecule has 0 saturated heterocycles. The Bertz CT molecular complexity index is 433. The van der Waals surface area contributed by atoms with E-state index in [1.54, 1.807) is 25.1 Å². The Morgan fingerprint density at radius 2 is 2.11 bits per heavy atom. The summed E-state index contributed by atoms with van der Waals surface area (Å²) < 4.78 is 39.5. The molecular weight excluding hydrogens is 249 g/mol. The second kappa shape index (κ2) is 5.72. The topological polar surface area (TPSA) is 64.3 Å². The standard InChI is InChI=1S/C11H13F3N2O2/c1-7-4-8(15)2-3-9(7)16-10(17)5-18-6-11(12,13)14/h2-4H,5-6,15H2,1H3,(H,16,17). The van der Waals surface area contributed by atoms with Crippen LogP contribution < -0.4 is 11.1 Å². The van der Waals surface area contributed by atoms with Crippen molar-refractivity contribution in [2.24, 2.45) is 0 Å². The van der Waals surface area contributed by atoms with E-state index in [0.717, 1.165) is 5.56 Å². The molecule has 0 fully saturated rings. The maximum atomic E-state index is 11.8. The van der Waals surface area contributed by atoms with Crippen molar-refractivity contribution in [1.82, 2.24) is 0 Å². The number of carbonyl (C=O) groups excluding carboxylic acids is 1. The Hall–Kier alpha value is -1.76. The van der Waals surface area contributed by atoms with E-state index < -0.39 is 25.3 Å². The molecule has 0 aliphatic heterocycles. The molecule has 0 spiro atoms. The van der Waals surface area contributed by atoms with Crippen molar-refractivity contribution in [2.45, 2.75) is 13.1 Å². The van der Waals surface area contributed by atoms with Gasteiger partial charge in [0.2, 0.25) is 5.91 Å². The Kier molecular flexibility index (Phi) is 4.55. The van der Waals surface area contributed by atoms with Crippen LogP contribution in [0.5, 0.6) is 0 Å². The first kappa shape index (κ1) is 14.3. The van der Waals surface area contributed by atoms with Crippen LogP contribution in [0.25, 0.3) is 0 Å². The number of nitrogen functional groups attached to an aromatic ring is 1. The average Bonchev–Trinajstić information content (AvgIpc) is 2.20. The third kappa shape index (κ3) is 5.05. The fourth-order valence-corrected chi connectivity index (χ4v) is 1.27. The normalized spacial score (nSPS) is 11.3. The highest BCUT2D eigenvalue weighted by molar-refractivity contribution is 5.92. The van der Waals surface area contributed by atoms with Gasteiger partial charge in [-0.1, -0.05) is 0 Å². The molecule has 0 atom stereocenters. The first-order valence-corrected chi connectivity index (χ1v) is 5.08. The smallest absolute Gasteiger partial charge is 0.399 e. The molecule has 0 saturated carbocycles. The molecule has 0 radical (unpaired) electrons. The van der Waals surface area contributed by atoms with Crippen LogP contribution >= 0.6 is 0 Å². The highest BCUT2D eigenvalue weighted by Crippen LogP contribution is 2.18. The number of nitrogens with one attached hydrogen (secondary N) is 1. The second-order valence-corrected chi connectivity index (χ2v) is 3.73. The van der Waals surface area contributed by atoms with Gasteiger partial charge >= 0.3 is 6.18 Å². The summed E-state index contributed by atoms with van der Waals surface area (Å²) in [6.07, 6.45) is -4.43. The number of hydrogen-bond acceptors (Lipinski definition) is 3. The van der Waals surface area contributed by atoms with Crippen molar-refractivity contribution >= 4 is 17.3 Å². The van der Waals surface area contributed by atoms with Crippen molar-refractivity contribution in [3.63, 3.8) is 0 Å². The first-order chi connectivity index (χ1) is 8.28. The van der Waals surface area contributed by atoms with Gasteiger partial charge in [-0.15, -0.1) is 0 Å². The van der Waals surface area contributed by atoms with E-state index >= 15 is 0 Å². The zero-order valence-corrected chi connectivity index (χ0v) is 9.67. The molecule has 1 amide bonds. The van der Waals surface area contributed by atoms with Gasteiger partial charge < -0.3 is 15.8 Å². The number of benzene rings is 1. The molecule has 0 bridgehead atoms.